The minimum Gasteiger partial charge on any atom is -0.446 e. The van der Waals surface area contributed by atoms with Gasteiger partial charge in [-0.25, -0.2) is 4.79 Å². The molecule has 0 radical (unpaired) electrons. The van der Waals surface area contributed by atoms with Crippen molar-refractivity contribution in [2.24, 2.45) is 0 Å². The van der Waals surface area contributed by atoms with E-state index in [0.29, 0.717) is 18.7 Å². The van der Waals surface area contributed by atoms with Gasteiger partial charge in [0, 0.05) is 32.2 Å². The molecule has 256 valence electrons. The van der Waals surface area contributed by atoms with Gasteiger partial charge in [-0.1, -0.05) is 5.10 Å². The molecule has 0 aliphatic carbocycles. The zero-order chi connectivity index (χ0) is 34.5. The third-order valence-electron chi connectivity index (χ3n) is 7.74. The number of benzene rings is 2. The van der Waals surface area contributed by atoms with Crippen LogP contribution in [0.25, 0.3) is 0 Å². The lowest BCUT2D eigenvalue weighted by Crippen LogP contribution is -2.47. The van der Waals surface area contributed by atoms with Crippen LogP contribution in [-0.4, -0.2) is 63.0 Å². The van der Waals surface area contributed by atoms with E-state index < -0.39 is 71.6 Å². The third-order valence-corrected chi connectivity index (χ3v) is 7.74. The van der Waals surface area contributed by atoms with Crippen LogP contribution < -0.4 is 9.80 Å². The maximum Gasteiger partial charge on any atom is 0.416 e. The van der Waals surface area contributed by atoms with Gasteiger partial charge in [-0.05, 0) is 79.9 Å². The van der Waals surface area contributed by atoms with Crippen LogP contribution in [0.4, 0.5) is 55.9 Å². The molecule has 9 nitrogen and oxygen atoms in total. The maximum atomic E-state index is 14.0. The normalized spacial score (nSPS) is 18.8. The molecule has 2 aliphatic rings. The molecule has 3 aromatic rings. The fourth-order valence-corrected chi connectivity index (χ4v) is 5.44. The van der Waals surface area contributed by atoms with Crippen LogP contribution in [0, 0.1) is 0 Å². The second-order valence-electron chi connectivity index (χ2n) is 11.7. The van der Waals surface area contributed by atoms with Crippen LogP contribution in [0.3, 0.4) is 0 Å². The largest absolute Gasteiger partial charge is 0.446 e. The van der Waals surface area contributed by atoms with E-state index >= 15 is 0 Å². The smallest absolute Gasteiger partial charge is 0.416 e. The molecule has 1 fully saturated rings. The van der Waals surface area contributed by atoms with Gasteiger partial charge in [0.05, 0.1) is 41.1 Å². The molecule has 0 bridgehead atoms. The number of aromatic nitrogens is 4. The number of hydrogen-bond donors (Lipinski definition) is 0. The van der Waals surface area contributed by atoms with Gasteiger partial charge in [-0.15, -0.1) is 5.10 Å². The lowest BCUT2D eigenvalue weighted by atomic mass is 9.89. The highest BCUT2D eigenvalue weighted by atomic mass is 19.4. The van der Waals surface area contributed by atoms with Gasteiger partial charge in [-0.3, -0.25) is 9.80 Å². The summed E-state index contributed by atoms with van der Waals surface area (Å²) >= 11 is 0. The van der Waals surface area contributed by atoms with E-state index in [1.54, 1.807) is 20.8 Å². The minimum absolute atomic E-state index is 0.0125. The summed E-state index contributed by atoms with van der Waals surface area (Å²) in [6.07, 6.45) is -16.6. The number of carbonyl (C=O) groups is 1. The van der Waals surface area contributed by atoms with Crippen molar-refractivity contribution in [1.82, 2.24) is 25.1 Å². The highest BCUT2D eigenvalue weighted by Crippen LogP contribution is 2.45. The van der Waals surface area contributed by atoms with Crippen molar-refractivity contribution in [2.75, 3.05) is 29.4 Å². The summed E-state index contributed by atoms with van der Waals surface area (Å²) < 4.78 is 130. The third kappa shape index (κ3) is 7.90. The number of fused-ring (bicyclic) bond motifs is 1. The lowest BCUT2D eigenvalue weighted by Gasteiger charge is -2.43. The molecule has 1 amide bonds. The molecule has 2 aromatic carbocycles. The number of carbonyl (C=O) groups excluding carboxylic acids is 1. The van der Waals surface area contributed by atoms with Crippen molar-refractivity contribution < 1.29 is 49.0 Å². The molecular weight excluding hydrogens is 649 g/mol. The Morgan fingerprint density at radius 1 is 0.915 bits per heavy atom. The monoisotopic (exact) mass is 679 g/mol. The molecule has 18 heteroatoms. The standard InChI is InChI=1S/C29H30F9N7O2/c1-16(2)47-26(46)45-17(3)10-24(22-14-19(27(30,31)32)4-5-23(22)45)43(25-39-41-44(40-25)9-8-42-6-7-42)15-18-11-20(28(33,34)35)13-21(12-18)29(36,37)38/h4-5,11-14,16-17,24H,6-10,15H2,1-3H3/t17-,24+/m0/s1. The van der Waals surface area contributed by atoms with Crippen molar-refractivity contribution in [2.45, 2.75) is 77.0 Å². The zero-order valence-corrected chi connectivity index (χ0v) is 25.3. The summed E-state index contributed by atoms with van der Waals surface area (Å²) in [5.74, 6) is -0.236. The average Bonchev–Trinajstić information content (AvgIpc) is 3.67. The number of anilines is 2. The van der Waals surface area contributed by atoms with E-state index in [1.165, 1.54) is 14.6 Å². The summed E-state index contributed by atoms with van der Waals surface area (Å²) in [6, 6.07) is 1.83. The summed E-state index contributed by atoms with van der Waals surface area (Å²) in [4.78, 5) is 18.7. The SMILES string of the molecule is CC(C)OC(=O)N1c2ccc(C(F)(F)F)cc2[C@H](N(Cc2cc(C(F)(F)F)cc(C(F)(F)F)c2)c2nnn(CCN3CC3)n2)C[C@@H]1C. The van der Waals surface area contributed by atoms with Gasteiger partial charge in [0.2, 0.25) is 0 Å². The van der Waals surface area contributed by atoms with Crippen LogP contribution in [0.1, 0.15) is 61.1 Å². The Bertz CT molecular complexity index is 1570. The van der Waals surface area contributed by atoms with Gasteiger partial charge < -0.3 is 9.64 Å². The van der Waals surface area contributed by atoms with E-state index in [9.17, 15) is 44.3 Å². The van der Waals surface area contributed by atoms with Crippen LogP contribution in [0.5, 0.6) is 0 Å². The Morgan fingerprint density at radius 3 is 2.09 bits per heavy atom. The molecule has 2 atom stereocenters. The molecular formula is C29H30F9N7O2. The van der Waals surface area contributed by atoms with Crippen LogP contribution >= 0.6 is 0 Å². The predicted molar refractivity (Wildman–Crippen MR) is 149 cm³/mol. The number of halogens is 9. The number of tetrazole rings is 1. The Morgan fingerprint density at radius 2 is 1.53 bits per heavy atom. The molecule has 5 rings (SSSR count). The fourth-order valence-electron chi connectivity index (χ4n) is 5.44. The average molecular weight is 680 g/mol. The van der Waals surface area contributed by atoms with Gasteiger partial charge in [0.25, 0.3) is 5.95 Å². The molecule has 0 N–H and O–H groups in total. The van der Waals surface area contributed by atoms with Gasteiger partial charge in [0.1, 0.15) is 0 Å². The van der Waals surface area contributed by atoms with Crippen LogP contribution in [0.15, 0.2) is 36.4 Å². The summed E-state index contributed by atoms with van der Waals surface area (Å²) in [7, 11) is 0. The topological polar surface area (TPSA) is 79.4 Å². The molecule has 3 heterocycles. The maximum absolute atomic E-state index is 14.0. The highest BCUT2D eigenvalue weighted by molar-refractivity contribution is 5.90. The first-order valence-electron chi connectivity index (χ1n) is 14.6. The molecule has 1 saturated heterocycles. The van der Waals surface area contributed by atoms with Crippen LogP contribution in [-0.2, 0) is 36.4 Å². The molecule has 0 unspecified atom stereocenters. The second kappa shape index (κ2) is 12.5. The first kappa shape index (κ1) is 34.3. The first-order valence-corrected chi connectivity index (χ1v) is 14.6. The predicted octanol–water partition coefficient (Wildman–Crippen LogP) is 6.94. The second-order valence-corrected chi connectivity index (χ2v) is 11.7. The summed E-state index contributed by atoms with van der Waals surface area (Å²) in [5.41, 5.74) is -4.71. The van der Waals surface area contributed by atoms with E-state index in [2.05, 4.69) is 15.4 Å². The van der Waals surface area contributed by atoms with Crippen molar-refractivity contribution in [3.05, 3.63) is 64.2 Å². The van der Waals surface area contributed by atoms with Crippen molar-refractivity contribution in [3.63, 3.8) is 0 Å². The number of ether oxygens (including phenoxy) is 1. The Hall–Kier alpha value is -4.09. The van der Waals surface area contributed by atoms with E-state index in [4.69, 9.17) is 4.74 Å². The molecule has 1 aromatic heterocycles. The molecule has 2 aliphatic heterocycles. The number of nitrogens with zero attached hydrogens (tertiary/aromatic N) is 7. The van der Waals surface area contributed by atoms with Crippen molar-refractivity contribution in [1.29, 1.82) is 0 Å². The number of amides is 1. The van der Waals surface area contributed by atoms with Crippen molar-refractivity contribution >= 4 is 17.7 Å². The Balaban J connectivity index is 1.65. The Kier molecular flexibility index (Phi) is 9.11. The number of rotatable bonds is 8. The Labute approximate surface area is 262 Å². The summed E-state index contributed by atoms with van der Waals surface area (Å²) in [6.45, 7) is 6.62. The minimum atomic E-state index is -5.13. The molecule has 47 heavy (non-hydrogen) atoms. The lowest BCUT2D eigenvalue weighted by molar-refractivity contribution is -0.143. The molecule has 0 spiro atoms. The number of hydrogen-bond acceptors (Lipinski definition) is 7. The highest BCUT2D eigenvalue weighted by Gasteiger charge is 2.42. The number of alkyl halides is 9. The summed E-state index contributed by atoms with van der Waals surface area (Å²) in [5, 5.41) is 12.3. The fraction of sp³-hybridized carbons (Fsp3) is 0.517. The van der Waals surface area contributed by atoms with Gasteiger partial charge in [-0.2, -0.15) is 44.3 Å². The van der Waals surface area contributed by atoms with Crippen molar-refractivity contribution in [3.8, 4) is 0 Å². The quantitative estimate of drug-likeness (QED) is 0.189. The van der Waals surface area contributed by atoms with Crippen LogP contribution in [0.2, 0.25) is 0 Å². The van der Waals surface area contributed by atoms with E-state index in [0.717, 1.165) is 31.3 Å². The van der Waals surface area contributed by atoms with E-state index in [1.807, 2.05) is 4.90 Å². The van der Waals surface area contributed by atoms with E-state index in [-0.39, 0.29) is 36.2 Å². The first-order chi connectivity index (χ1) is 21.8. The molecule has 0 saturated carbocycles. The van der Waals surface area contributed by atoms with Gasteiger partial charge in [0.15, 0.2) is 0 Å². The zero-order valence-electron chi connectivity index (χ0n) is 25.3. The van der Waals surface area contributed by atoms with Gasteiger partial charge >= 0.3 is 24.6 Å².